The van der Waals surface area contributed by atoms with E-state index in [1.807, 2.05) is 13.8 Å². The lowest BCUT2D eigenvalue weighted by Gasteiger charge is -2.38. The van der Waals surface area contributed by atoms with Crippen LogP contribution in [0.4, 0.5) is 0 Å². The lowest BCUT2D eigenvalue weighted by atomic mass is 10.1. The monoisotopic (exact) mass is 303 g/mol. The van der Waals surface area contributed by atoms with E-state index in [9.17, 15) is 5.21 Å². The molecule has 0 bridgehead atoms. The van der Waals surface area contributed by atoms with Crippen molar-refractivity contribution < 1.29 is 19.1 Å². The zero-order chi connectivity index (χ0) is 15.3. The van der Waals surface area contributed by atoms with Gasteiger partial charge in [-0.3, -0.25) is 0 Å². The molecule has 0 radical (unpaired) electrons. The average molecular weight is 303 g/mol. The van der Waals surface area contributed by atoms with Gasteiger partial charge in [-0.1, -0.05) is 20.8 Å². The number of hydroxylamine groups is 2. The number of ether oxygens (including phenoxy) is 2. The van der Waals surface area contributed by atoms with E-state index in [-0.39, 0.29) is 23.3 Å². The quantitative estimate of drug-likeness (QED) is 0.812. The number of nitrogens with zero attached hydrogens (tertiary/aromatic N) is 1. The Labute approximate surface area is 123 Å². The van der Waals surface area contributed by atoms with Crippen LogP contribution in [0, 0.1) is 0 Å². The van der Waals surface area contributed by atoms with Gasteiger partial charge in [0.05, 0.1) is 19.2 Å². The second kappa shape index (κ2) is 5.03. The fourth-order valence-electron chi connectivity index (χ4n) is 2.51. The Bertz CT molecular complexity index is 367. The lowest BCUT2D eigenvalue weighted by molar-refractivity contribution is -0.201. The molecule has 1 N–H and O–H groups in total. The predicted molar refractivity (Wildman–Crippen MR) is 79.3 cm³/mol. The summed E-state index contributed by atoms with van der Waals surface area (Å²) < 4.78 is 17.9. The molecule has 2 fully saturated rings. The van der Waals surface area contributed by atoms with Gasteiger partial charge in [0.25, 0.3) is 0 Å². The summed E-state index contributed by atoms with van der Waals surface area (Å²) in [6.07, 6.45) is -0.178. The average Bonchev–Trinajstić information content (AvgIpc) is 2.64. The van der Waals surface area contributed by atoms with Gasteiger partial charge in [0.15, 0.2) is 14.1 Å². The summed E-state index contributed by atoms with van der Waals surface area (Å²) in [5.41, 5.74) is 0. The summed E-state index contributed by atoms with van der Waals surface area (Å²) >= 11 is 0. The molecule has 0 amide bonds. The van der Waals surface area contributed by atoms with Crippen LogP contribution >= 0.6 is 0 Å². The third kappa shape index (κ3) is 3.10. The topological polar surface area (TPSA) is 51.2 Å². The fraction of sp³-hybridized carbons (Fsp3) is 1.00. The number of rotatable bonds is 3. The summed E-state index contributed by atoms with van der Waals surface area (Å²) in [5.74, 6) is -0.564. The van der Waals surface area contributed by atoms with Crippen LogP contribution < -0.4 is 0 Å². The van der Waals surface area contributed by atoms with Crippen LogP contribution in [0.5, 0.6) is 0 Å². The highest BCUT2D eigenvalue weighted by Crippen LogP contribution is 2.39. The first kappa shape index (κ1) is 16.4. The smallest absolute Gasteiger partial charge is 0.192 e. The molecular weight excluding hydrogens is 274 g/mol. The first-order valence-corrected chi connectivity index (χ1v) is 10.3. The molecule has 2 saturated heterocycles. The van der Waals surface area contributed by atoms with Crippen molar-refractivity contribution >= 4 is 8.32 Å². The van der Waals surface area contributed by atoms with Crippen LogP contribution in [0.1, 0.15) is 34.6 Å². The summed E-state index contributed by atoms with van der Waals surface area (Å²) in [5, 5.41) is 11.6. The minimum Gasteiger partial charge on any atom is -0.415 e. The third-order valence-corrected chi connectivity index (χ3v) is 9.27. The van der Waals surface area contributed by atoms with Crippen molar-refractivity contribution in [3.8, 4) is 0 Å². The second-order valence-corrected chi connectivity index (χ2v) is 12.7. The van der Waals surface area contributed by atoms with Gasteiger partial charge in [-0.25, -0.2) is 0 Å². The maximum atomic E-state index is 10.1. The van der Waals surface area contributed by atoms with Gasteiger partial charge < -0.3 is 19.1 Å². The molecule has 5 nitrogen and oxygen atoms in total. The summed E-state index contributed by atoms with van der Waals surface area (Å²) in [4.78, 5) is 0. The van der Waals surface area contributed by atoms with Crippen molar-refractivity contribution in [2.45, 2.75) is 76.8 Å². The van der Waals surface area contributed by atoms with Crippen molar-refractivity contribution in [2.75, 3.05) is 13.2 Å². The highest BCUT2D eigenvalue weighted by molar-refractivity contribution is 6.74. The van der Waals surface area contributed by atoms with Crippen LogP contribution in [-0.4, -0.2) is 55.8 Å². The standard InChI is InChI=1S/C14H29NO4Si/c1-13(2,3)20(6,7)17-9-10-12-11(8-15(10)16)18-14(4,5)19-12/h10-12,16H,8-9H2,1-7H3/t10-,11+,12-/m1/s1. The van der Waals surface area contributed by atoms with E-state index in [4.69, 9.17) is 13.9 Å². The Morgan fingerprint density at radius 1 is 1.30 bits per heavy atom. The molecule has 0 spiro atoms. The lowest BCUT2D eigenvalue weighted by Crippen LogP contribution is -2.47. The summed E-state index contributed by atoms with van der Waals surface area (Å²) in [7, 11) is -1.82. The third-order valence-electron chi connectivity index (χ3n) is 4.77. The van der Waals surface area contributed by atoms with Crippen molar-refractivity contribution in [3.05, 3.63) is 0 Å². The van der Waals surface area contributed by atoms with E-state index in [2.05, 4.69) is 33.9 Å². The molecular formula is C14H29NO4Si. The first-order chi connectivity index (χ1) is 8.93. The Morgan fingerprint density at radius 2 is 1.90 bits per heavy atom. The Morgan fingerprint density at radius 3 is 2.45 bits per heavy atom. The largest absolute Gasteiger partial charge is 0.415 e. The van der Waals surface area contributed by atoms with Crippen LogP contribution in [-0.2, 0) is 13.9 Å². The van der Waals surface area contributed by atoms with E-state index in [1.54, 1.807) is 0 Å². The molecule has 0 aromatic carbocycles. The molecule has 20 heavy (non-hydrogen) atoms. The molecule has 0 saturated carbocycles. The Balaban J connectivity index is 1.99. The van der Waals surface area contributed by atoms with Crippen LogP contribution in [0.3, 0.4) is 0 Å². The molecule has 2 heterocycles. The molecule has 0 unspecified atom stereocenters. The van der Waals surface area contributed by atoms with Crippen LogP contribution in [0.15, 0.2) is 0 Å². The number of hydrogen-bond acceptors (Lipinski definition) is 5. The Kier molecular flexibility index (Phi) is 4.13. The second-order valence-electron chi connectivity index (χ2n) is 7.90. The molecule has 0 aromatic heterocycles. The fourth-order valence-corrected chi connectivity index (χ4v) is 3.53. The van der Waals surface area contributed by atoms with Gasteiger partial charge in [-0.2, -0.15) is 5.06 Å². The molecule has 2 rings (SSSR count). The van der Waals surface area contributed by atoms with Crippen LogP contribution in [0.25, 0.3) is 0 Å². The molecule has 6 heteroatoms. The normalized spacial score (nSPS) is 34.5. The highest BCUT2D eigenvalue weighted by atomic mass is 28.4. The van der Waals surface area contributed by atoms with Crippen molar-refractivity contribution in [3.63, 3.8) is 0 Å². The van der Waals surface area contributed by atoms with Gasteiger partial charge in [-0.05, 0) is 32.0 Å². The van der Waals surface area contributed by atoms with E-state index < -0.39 is 14.1 Å². The van der Waals surface area contributed by atoms with Gasteiger partial charge in [0.2, 0.25) is 0 Å². The predicted octanol–water partition coefficient (Wildman–Crippen LogP) is 2.60. The van der Waals surface area contributed by atoms with Gasteiger partial charge >= 0.3 is 0 Å². The number of fused-ring (bicyclic) bond motifs is 1. The van der Waals surface area contributed by atoms with Gasteiger partial charge in [0, 0.05) is 0 Å². The molecule has 0 aromatic rings. The maximum Gasteiger partial charge on any atom is 0.192 e. The summed E-state index contributed by atoms with van der Waals surface area (Å²) in [6.45, 7) is 15.9. The molecule has 2 aliphatic rings. The first-order valence-electron chi connectivity index (χ1n) is 7.38. The van der Waals surface area contributed by atoms with Gasteiger partial charge in [-0.15, -0.1) is 0 Å². The zero-order valence-electron chi connectivity index (χ0n) is 13.8. The van der Waals surface area contributed by atoms with Crippen molar-refractivity contribution in [2.24, 2.45) is 0 Å². The summed E-state index contributed by atoms with van der Waals surface area (Å²) in [6, 6.07) is -0.143. The maximum absolute atomic E-state index is 10.1. The zero-order valence-corrected chi connectivity index (χ0v) is 14.8. The van der Waals surface area contributed by atoms with E-state index >= 15 is 0 Å². The molecule has 0 aliphatic carbocycles. The minimum atomic E-state index is -1.82. The van der Waals surface area contributed by atoms with E-state index in [0.29, 0.717) is 13.2 Å². The SMILES string of the molecule is CC1(C)O[C@H]2[C@H](CN(O)[C@@H]2CO[Si](C)(C)C(C)(C)C)O1. The molecule has 3 atom stereocenters. The number of hydrogen-bond donors (Lipinski definition) is 1. The van der Waals surface area contributed by atoms with E-state index in [1.165, 1.54) is 5.06 Å². The van der Waals surface area contributed by atoms with Gasteiger partial charge in [0.1, 0.15) is 12.2 Å². The highest BCUT2D eigenvalue weighted by Gasteiger charge is 2.53. The van der Waals surface area contributed by atoms with Crippen molar-refractivity contribution in [1.82, 2.24) is 5.06 Å². The Hall–Kier alpha value is 0.0169. The van der Waals surface area contributed by atoms with Crippen LogP contribution in [0.2, 0.25) is 18.1 Å². The molecule has 118 valence electrons. The molecule has 2 aliphatic heterocycles. The van der Waals surface area contributed by atoms with Crippen molar-refractivity contribution in [1.29, 1.82) is 0 Å². The van der Waals surface area contributed by atoms with E-state index in [0.717, 1.165) is 0 Å². The minimum absolute atomic E-state index is 0.0667.